The number of hydrogen-bond acceptors (Lipinski definition) is 6. The Morgan fingerprint density at radius 3 is 2.72 bits per heavy atom. The summed E-state index contributed by atoms with van der Waals surface area (Å²) in [4.78, 5) is 27.1. The first kappa shape index (κ1) is 21.7. The molecule has 0 saturated carbocycles. The zero-order chi connectivity index (χ0) is 22.7. The molecule has 0 fully saturated rings. The SMILES string of the molecule is O=C1OC(c2ccc(Cl)c([N+](=O)[O-])c2)=N/C1=C\c1ccccc1OCc1cccc(Br)c1. The number of esters is 1. The third kappa shape index (κ3) is 4.87. The number of aliphatic imine (C=N–C) groups is 1. The third-order valence-electron chi connectivity index (χ3n) is 4.50. The van der Waals surface area contributed by atoms with E-state index < -0.39 is 10.9 Å². The van der Waals surface area contributed by atoms with Gasteiger partial charge in [-0.05, 0) is 42.0 Å². The fourth-order valence-electron chi connectivity index (χ4n) is 2.98. The standard InChI is InChI=1S/C23H14BrClN2O5/c24-17-6-3-4-14(10-17)13-31-21-7-2-1-5-15(21)11-19-23(28)32-22(26-19)16-8-9-18(25)20(12-16)27(29)30/h1-12H,13H2/b19-11-. The maximum absolute atomic E-state index is 12.4. The Morgan fingerprint density at radius 1 is 1.12 bits per heavy atom. The average molecular weight is 514 g/mol. The van der Waals surface area contributed by atoms with E-state index >= 15 is 0 Å². The molecule has 0 amide bonds. The fourth-order valence-corrected chi connectivity index (χ4v) is 3.62. The van der Waals surface area contributed by atoms with Crippen LogP contribution >= 0.6 is 27.5 Å². The van der Waals surface area contributed by atoms with Gasteiger partial charge in [-0.3, -0.25) is 10.1 Å². The molecule has 1 aliphatic heterocycles. The Kier molecular flexibility index (Phi) is 6.34. The van der Waals surface area contributed by atoms with Gasteiger partial charge in [0.2, 0.25) is 5.90 Å². The van der Waals surface area contributed by atoms with E-state index in [9.17, 15) is 14.9 Å². The minimum Gasteiger partial charge on any atom is -0.488 e. The number of carbonyl (C=O) groups is 1. The molecule has 4 rings (SSSR count). The van der Waals surface area contributed by atoms with Crippen LogP contribution in [0, 0.1) is 10.1 Å². The zero-order valence-electron chi connectivity index (χ0n) is 16.3. The first-order valence-corrected chi connectivity index (χ1v) is 10.5. The van der Waals surface area contributed by atoms with Crippen LogP contribution < -0.4 is 4.74 Å². The molecular formula is C23H14BrClN2O5. The molecule has 0 atom stereocenters. The van der Waals surface area contributed by atoms with Gasteiger partial charge in [-0.2, -0.15) is 0 Å². The number of benzene rings is 3. The highest BCUT2D eigenvalue weighted by Crippen LogP contribution is 2.29. The van der Waals surface area contributed by atoms with Crippen molar-refractivity contribution in [1.29, 1.82) is 0 Å². The number of nitro groups is 1. The molecular weight excluding hydrogens is 500 g/mol. The number of hydrogen-bond donors (Lipinski definition) is 0. The normalized spacial score (nSPS) is 14.2. The molecule has 0 aliphatic carbocycles. The molecule has 3 aromatic rings. The Labute approximate surface area is 196 Å². The van der Waals surface area contributed by atoms with Crippen LogP contribution in [0.15, 0.2) is 81.9 Å². The summed E-state index contributed by atoms with van der Waals surface area (Å²) >= 11 is 9.28. The van der Waals surface area contributed by atoms with Crippen molar-refractivity contribution < 1.29 is 19.2 Å². The van der Waals surface area contributed by atoms with E-state index in [1.165, 1.54) is 18.2 Å². The first-order chi connectivity index (χ1) is 15.4. The summed E-state index contributed by atoms with van der Waals surface area (Å²) in [6.07, 6.45) is 1.55. The van der Waals surface area contributed by atoms with Gasteiger partial charge in [0, 0.05) is 21.7 Å². The van der Waals surface area contributed by atoms with Crippen molar-refractivity contribution in [1.82, 2.24) is 0 Å². The number of rotatable bonds is 6. The van der Waals surface area contributed by atoms with Gasteiger partial charge >= 0.3 is 5.97 Å². The van der Waals surface area contributed by atoms with E-state index in [4.69, 9.17) is 21.1 Å². The van der Waals surface area contributed by atoms with Crippen LogP contribution in [0.1, 0.15) is 16.7 Å². The highest BCUT2D eigenvalue weighted by molar-refractivity contribution is 9.10. The summed E-state index contributed by atoms with van der Waals surface area (Å²) < 4.78 is 12.1. The Morgan fingerprint density at radius 2 is 1.94 bits per heavy atom. The number of nitrogens with zero attached hydrogens (tertiary/aromatic N) is 2. The second-order valence-corrected chi connectivity index (χ2v) is 8.04. The molecule has 0 radical (unpaired) electrons. The van der Waals surface area contributed by atoms with Crippen molar-refractivity contribution >= 4 is 51.2 Å². The second-order valence-electron chi connectivity index (χ2n) is 6.72. The molecule has 9 heteroatoms. The summed E-state index contributed by atoms with van der Waals surface area (Å²) in [7, 11) is 0. The number of para-hydroxylation sites is 1. The molecule has 0 saturated heterocycles. The maximum Gasteiger partial charge on any atom is 0.363 e. The van der Waals surface area contributed by atoms with E-state index in [1.807, 2.05) is 36.4 Å². The number of cyclic esters (lactones) is 1. The number of halogens is 2. The summed E-state index contributed by atoms with van der Waals surface area (Å²) in [5.41, 5.74) is 1.65. The van der Waals surface area contributed by atoms with E-state index in [0.717, 1.165) is 10.0 Å². The quantitative estimate of drug-likeness (QED) is 0.176. The van der Waals surface area contributed by atoms with Gasteiger partial charge in [-0.1, -0.05) is 57.9 Å². The van der Waals surface area contributed by atoms with Crippen molar-refractivity contribution in [2.24, 2.45) is 4.99 Å². The lowest BCUT2D eigenvalue weighted by atomic mass is 10.1. The Hall–Kier alpha value is -3.49. The molecule has 0 unspecified atom stereocenters. The molecule has 0 bridgehead atoms. The van der Waals surface area contributed by atoms with E-state index in [1.54, 1.807) is 18.2 Å². The van der Waals surface area contributed by atoms with E-state index in [2.05, 4.69) is 20.9 Å². The van der Waals surface area contributed by atoms with E-state index in [0.29, 0.717) is 17.9 Å². The molecule has 160 valence electrons. The third-order valence-corrected chi connectivity index (χ3v) is 5.32. The molecule has 1 aliphatic rings. The largest absolute Gasteiger partial charge is 0.488 e. The van der Waals surface area contributed by atoms with Gasteiger partial charge in [0.1, 0.15) is 17.4 Å². The van der Waals surface area contributed by atoms with Crippen LogP contribution in [0.3, 0.4) is 0 Å². The predicted molar refractivity (Wildman–Crippen MR) is 124 cm³/mol. The van der Waals surface area contributed by atoms with Crippen LogP contribution in [0.4, 0.5) is 5.69 Å². The predicted octanol–water partition coefficient (Wildman–Crippen LogP) is 5.93. The lowest BCUT2D eigenvalue weighted by molar-refractivity contribution is -0.384. The van der Waals surface area contributed by atoms with Gasteiger partial charge in [-0.15, -0.1) is 0 Å². The van der Waals surface area contributed by atoms with Crippen LogP contribution in [-0.2, 0) is 16.1 Å². The van der Waals surface area contributed by atoms with Gasteiger partial charge in [-0.25, -0.2) is 9.79 Å². The van der Waals surface area contributed by atoms with Gasteiger partial charge < -0.3 is 9.47 Å². The van der Waals surface area contributed by atoms with Crippen molar-refractivity contribution in [2.75, 3.05) is 0 Å². The Balaban J connectivity index is 1.60. The number of nitro benzene ring substituents is 1. The minimum atomic E-state index is -0.667. The summed E-state index contributed by atoms with van der Waals surface area (Å²) in [5, 5.41) is 11.1. The molecule has 0 spiro atoms. The number of ether oxygens (including phenoxy) is 2. The van der Waals surface area contributed by atoms with E-state index in [-0.39, 0.29) is 27.9 Å². The molecule has 3 aromatic carbocycles. The van der Waals surface area contributed by atoms with Gasteiger partial charge in [0.05, 0.1) is 4.92 Å². The number of carbonyl (C=O) groups excluding carboxylic acids is 1. The monoisotopic (exact) mass is 512 g/mol. The highest BCUT2D eigenvalue weighted by atomic mass is 79.9. The van der Waals surface area contributed by atoms with Crippen molar-refractivity contribution in [2.45, 2.75) is 6.61 Å². The first-order valence-electron chi connectivity index (χ1n) is 9.34. The Bertz CT molecular complexity index is 1290. The lowest BCUT2D eigenvalue weighted by Crippen LogP contribution is -2.06. The van der Waals surface area contributed by atoms with Gasteiger partial charge in [0.15, 0.2) is 5.70 Å². The van der Waals surface area contributed by atoms with Gasteiger partial charge in [0.25, 0.3) is 5.69 Å². The van der Waals surface area contributed by atoms with Crippen LogP contribution in [0.5, 0.6) is 5.75 Å². The molecule has 0 N–H and O–H groups in total. The average Bonchev–Trinajstić information content (AvgIpc) is 3.13. The molecule has 32 heavy (non-hydrogen) atoms. The topological polar surface area (TPSA) is 91.0 Å². The maximum atomic E-state index is 12.4. The summed E-state index contributed by atoms with van der Waals surface area (Å²) in [6, 6.07) is 19.0. The zero-order valence-corrected chi connectivity index (χ0v) is 18.7. The summed E-state index contributed by atoms with van der Waals surface area (Å²) in [5.74, 6) is -0.133. The van der Waals surface area contributed by atoms with Crippen molar-refractivity contribution in [3.8, 4) is 5.75 Å². The molecule has 7 nitrogen and oxygen atoms in total. The minimum absolute atomic E-state index is 0.0176. The van der Waals surface area contributed by atoms with Crippen molar-refractivity contribution in [3.05, 3.63) is 109 Å². The summed E-state index contributed by atoms with van der Waals surface area (Å²) in [6.45, 7) is 0.340. The second kappa shape index (κ2) is 9.33. The van der Waals surface area contributed by atoms with Crippen LogP contribution in [0.25, 0.3) is 6.08 Å². The fraction of sp³-hybridized carbons (Fsp3) is 0.0435. The highest BCUT2D eigenvalue weighted by Gasteiger charge is 2.26. The molecule has 1 heterocycles. The van der Waals surface area contributed by atoms with Crippen LogP contribution in [-0.4, -0.2) is 16.8 Å². The smallest absolute Gasteiger partial charge is 0.363 e. The lowest BCUT2D eigenvalue weighted by Gasteiger charge is -2.09. The molecule has 0 aromatic heterocycles. The van der Waals surface area contributed by atoms with Crippen LogP contribution in [0.2, 0.25) is 5.02 Å². The van der Waals surface area contributed by atoms with Crippen molar-refractivity contribution in [3.63, 3.8) is 0 Å².